The van der Waals surface area contributed by atoms with Gasteiger partial charge in [0.05, 0.1) is 0 Å². The number of hydrogen-bond acceptors (Lipinski definition) is 2. The molecule has 0 aliphatic carbocycles. The molecule has 0 amide bonds. The molecule has 1 unspecified atom stereocenters. The van der Waals surface area contributed by atoms with Gasteiger partial charge in [0.2, 0.25) is 0 Å². The molecule has 0 spiro atoms. The summed E-state index contributed by atoms with van der Waals surface area (Å²) in [5, 5.41) is 0.736. The van der Waals surface area contributed by atoms with E-state index < -0.39 is 0 Å². The smallest absolute Gasteiger partial charge is 0.126 e. The van der Waals surface area contributed by atoms with Crippen LogP contribution in [0.5, 0.6) is 5.75 Å². The van der Waals surface area contributed by atoms with Crippen molar-refractivity contribution in [3.8, 4) is 5.75 Å². The van der Waals surface area contributed by atoms with Crippen molar-refractivity contribution in [2.24, 2.45) is 5.73 Å². The minimum Gasteiger partial charge on any atom is -0.485 e. The summed E-state index contributed by atoms with van der Waals surface area (Å²) >= 11 is 5.91. The molecule has 3 heteroatoms. The zero-order valence-electron chi connectivity index (χ0n) is 10.8. The van der Waals surface area contributed by atoms with E-state index in [-0.39, 0.29) is 12.1 Å². The van der Waals surface area contributed by atoms with E-state index >= 15 is 0 Å². The van der Waals surface area contributed by atoms with E-state index in [0.29, 0.717) is 0 Å². The van der Waals surface area contributed by atoms with Crippen molar-refractivity contribution < 1.29 is 4.74 Å². The summed E-state index contributed by atoms with van der Waals surface area (Å²) in [6.45, 7) is 2.07. The van der Waals surface area contributed by atoms with Crippen LogP contribution in [0.2, 0.25) is 5.02 Å². The van der Waals surface area contributed by atoms with Crippen molar-refractivity contribution in [2.75, 3.05) is 0 Å². The monoisotopic (exact) mass is 273 g/mol. The van der Waals surface area contributed by atoms with Crippen LogP contribution in [0.3, 0.4) is 0 Å². The summed E-state index contributed by atoms with van der Waals surface area (Å²) in [6.07, 6.45) is 0.792. The molecule has 1 aliphatic heterocycles. The summed E-state index contributed by atoms with van der Waals surface area (Å²) < 4.78 is 6.06. The highest BCUT2D eigenvalue weighted by molar-refractivity contribution is 6.30. The molecule has 0 fully saturated rings. The Kier molecular flexibility index (Phi) is 3.21. The molecule has 2 aromatic carbocycles. The number of aryl methyl sites for hydroxylation is 1. The van der Waals surface area contributed by atoms with Crippen molar-refractivity contribution in [2.45, 2.75) is 25.5 Å². The first kappa shape index (κ1) is 12.5. The maximum absolute atomic E-state index is 6.27. The maximum Gasteiger partial charge on any atom is 0.126 e. The Hall–Kier alpha value is -1.51. The molecule has 2 atom stereocenters. The Morgan fingerprint density at radius 3 is 2.63 bits per heavy atom. The molecule has 3 rings (SSSR count). The number of halogens is 1. The quantitative estimate of drug-likeness (QED) is 0.846. The van der Waals surface area contributed by atoms with Crippen LogP contribution in [0.1, 0.15) is 35.3 Å². The van der Waals surface area contributed by atoms with E-state index in [1.54, 1.807) is 0 Å². The number of hydrogen-bond donors (Lipinski definition) is 1. The molecule has 0 radical (unpaired) electrons. The zero-order chi connectivity index (χ0) is 13.4. The lowest BCUT2D eigenvalue weighted by Crippen LogP contribution is -2.24. The van der Waals surface area contributed by atoms with Gasteiger partial charge in [-0.05, 0) is 30.7 Å². The van der Waals surface area contributed by atoms with Crippen LogP contribution < -0.4 is 10.5 Å². The van der Waals surface area contributed by atoms with Crippen LogP contribution in [0.4, 0.5) is 0 Å². The molecule has 98 valence electrons. The molecule has 0 bridgehead atoms. The van der Waals surface area contributed by atoms with Gasteiger partial charge in [-0.2, -0.15) is 0 Å². The molecule has 1 heterocycles. The number of nitrogens with two attached hydrogens (primary N) is 1. The van der Waals surface area contributed by atoms with Crippen LogP contribution in [0.25, 0.3) is 0 Å². The van der Waals surface area contributed by atoms with Crippen LogP contribution in [-0.2, 0) is 0 Å². The molecule has 2 N–H and O–H groups in total. The molecule has 2 aromatic rings. The molecular formula is C16H16ClNO. The summed E-state index contributed by atoms with van der Waals surface area (Å²) in [6, 6.07) is 14.0. The van der Waals surface area contributed by atoms with Crippen molar-refractivity contribution in [1.29, 1.82) is 0 Å². The SMILES string of the molecule is Cc1ccc2c(c1)[C@H](N)CC(c1ccc(Cl)cc1)O2. The second kappa shape index (κ2) is 4.87. The third-order valence-electron chi connectivity index (χ3n) is 3.54. The average Bonchev–Trinajstić information content (AvgIpc) is 2.40. The van der Waals surface area contributed by atoms with Gasteiger partial charge in [-0.25, -0.2) is 0 Å². The highest BCUT2D eigenvalue weighted by Crippen LogP contribution is 2.40. The first-order valence-electron chi connectivity index (χ1n) is 6.42. The molecule has 1 aliphatic rings. The minimum atomic E-state index is 0.00229. The Bertz CT molecular complexity index is 594. The second-order valence-corrected chi connectivity index (χ2v) is 5.48. The first-order valence-corrected chi connectivity index (χ1v) is 6.79. The number of ether oxygens (including phenoxy) is 1. The molecule has 0 saturated heterocycles. The standard InChI is InChI=1S/C16H16ClNO/c1-10-2-7-15-13(8-10)14(18)9-16(19-15)11-3-5-12(17)6-4-11/h2-8,14,16H,9,18H2,1H3/t14-,16?/m1/s1. The van der Waals surface area contributed by atoms with Gasteiger partial charge in [-0.15, -0.1) is 0 Å². The van der Waals surface area contributed by atoms with Crippen molar-refractivity contribution in [3.05, 3.63) is 64.2 Å². The molecular weight excluding hydrogens is 258 g/mol. The third kappa shape index (κ3) is 2.46. The van der Waals surface area contributed by atoms with E-state index in [1.165, 1.54) is 5.56 Å². The van der Waals surface area contributed by atoms with Crippen LogP contribution in [0, 0.1) is 6.92 Å². The average molecular weight is 274 g/mol. The highest BCUT2D eigenvalue weighted by atomic mass is 35.5. The van der Waals surface area contributed by atoms with E-state index in [0.717, 1.165) is 28.3 Å². The Morgan fingerprint density at radius 1 is 1.16 bits per heavy atom. The lowest BCUT2D eigenvalue weighted by atomic mass is 9.93. The van der Waals surface area contributed by atoms with E-state index in [4.69, 9.17) is 22.1 Å². The van der Waals surface area contributed by atoms with Crippen LogP contribution in [0.15, 0.2) is 42.5 Å². The van der Waals surface area contributed by atoms with Gasteiger partial charge in [0.1, 0.15) is 11.9 Å². The summed E-state index contributed by atoms with van der Waals surface area (Å²) in [5.41, 5.74) is 9.70. The van der Waals surface area contributed by atoms with Gasteiger partial charge in [-0.3, -0.25) is 0 Å². The zero-order valence-corrected chi connectivity index (χ0v) is 11.5. The van der Waals surface area contributed by atoms with E-state index in [1.807, 2.05) is 30.3 Å². The minimum absolute atomic E-state index is 0.00229. The summed E-state index contributed by atoms with van der Waals surface area (Å²) in [5.74, 6) is 0.893. The van der Waals surface area contributed by atoms with Gasteiger partial charge < -0.3 is 10.5 Å². The van der Waals surface area contributed by atoms with Crippen molar-refractivity contribution in [1.82, 2.24) is 0 Å². The number of fused-ring (bicyclic) bond motifs is 1. The summed E-state index contributed by atoms with van der Waals surface area (Å²) in [7, 11) is 0. The lowest BCUT2D eigenvalue weighted by molar-refractivity contribution is 0.161. The predicted octanol–water partition coefficient (Wildman–Crippen LogP) is 4.17. The lowest BCUT2D eigenvalue weighted by Gasteiger charge is -2.30. The summed E-state index contributed by atoms with van der Waals surface area (Å²) in [4.78, 5) is 0. The van der Waals surface area contributed by atoms with E-state index in [2.05, 4.69) is 19.1 Å². The van der Waals surface area contributed by atoms with Crippen LogP contribution in [-0.4, -0.2) is 0 Å². The van der Waals surface area contributed by atoms with Gasteiger partial charge in [-0.1, -0.05) is 41.4 Å². The van der Waals surface area contributed by atoms with Crippen molar-refractivity contribution >= 4 is 11.6 Å². The Morgan fingerprint density at radius 2 is 1.89 bits per heavy atom. The van der Waals surface area contributed by atoms with Gasteiger partial charge in [0, 0.05) is 23.0 Å². The fraction of sp³-hybridized carbons (Fsp3) is 0.250. The molecule has 19 heavy (non-hydrogen) atoms. The predicted molar refractivity (Wildman–Crippen MR) is 77.5 cm³/mol. The fourth-order valence-electron chi connectivity index (χ4n) is 2.51. The first-order chi connectivity index (χ1) is 9.13. The topological polar surface area (TPSA) is 35.2 Å². The highest BCUT2D eigenvalue weighted by Gasteiger charge is 2.26. The third-order valence-corrected chi connectivity index (χ3v) is 3.80. The molecule has 0 aromatic heterocycles. The fourth-order valence-corrected chi connectivity index (χ4v) is 2.63. The molecule has 2 nitrogen and oxygen atoms in total. The van der Waals surface area contributed by atoms with Crippen molar-refractivity contribution in [3.63, 3.8) is 0 Å². The normalized spacial score (nSPS) is 21.6. The number of rotatable bonds is 1. The van der Waals surface area contributed by atoms with E-state index in [9.17, 15) is 0 Å². The molecule has 0 saturated carbocycles. The Balaban J connectivity index is 1.92. The van der Waals surface area contributed by atoms with Crippen LogP contribution >= 0.6 is 11.6 Å². The van der Waals surface area contributed by atoms with Gasteiger partial charge >= 0.3 is 0 Å². The largest absolute Gasteiger partial charge is 0.485 e. The van der Waals surface area contributed by atoms with Gasteiger partial charge in [0.25, 0.3) is 0 Å². The Labute approximate surface area is 118 Å². The second-order valence-electron chi connectivity index (χ2n) is 5.04. The maximum atomic E-state index is 6.27. The number of benzene rings is 2. The van der Waals surface area contributed by atoms with Gasteiger partial charge in [0.15, 0.2) is 0 Å².